The van der Waals surface area contributed by atoms with Gasteiger partial charge < -0.3 is 4.57 Å². The maximum Gasteiger partial charge on any atom is 0.0948 e. The number of aromatic nitrogens is 5. The van der Waals surface area contributed by atoms with Crippen molar-refractivity contribution in [3.8, 4) is 0 Å². The van der Waals surface area contributed by atoms with Crippen LogP contribution in [-0.2, 0) is 19.5 Å². The molecule has 0 N–H and O–H groups in total. The lowest BCUT2D eigenvalue weighted by Crippen LogP contribution is -2.06. The van der Waals surface area contributed by atoms with E-state index in [0.717, 1.165) is 24.4 Å². The fourth-order valence-electron chi connectivity index (χ4n) is 2.65. The van der Waals surface area contributed by atoms with E-state index in [2.05, 4.69) is 58.0 Å². The zero-order valence-corrected chi connectivity index (χ0v) is 13.1. The third-order valence-electron chi connectivity index (χ3n) is 3.93. The molecule has 0 spiro atoms. The lowest BCUT2D eigenvalue weighted by molar-refractivity contribution is 0.602. The van der Waals surface area contributed by atoms with Crippen LogP contribution in [-0.4, -0.2) is 24.5 Å². The van der Waals surface area contributed by atoms with Crippen molar-refractivity contribution in [2.45, 2.75) is 39.3 Å². The van der Waals surface area contributed by atoms with Gasteiger partial charge in [0.25, 0.3) is 0 Å². The van der Waals surface area contributed by atoms with Gasteiger partial charge in [-0.3, -0.25) is 0 Å². The van der Waals surface area contributed by atoms with Crippen LogP contribution in [0.25, 0.3) is 0 Å². The molecule has 22 heavy (non-hydrogen) atoms. The lowest BCUT2D eigenvalue weighted by Gasteiger charge is -2.09. The molecule has 3 rings (SSSR count). The fourth-order valence-corrected chi connectivity index (χ4v) is 2.65. The SMILES string of the molecule is CCn1cncc1Cn1cc(C[C@@H](C)c2ccccc2)nn1. The highest BCUT2D eigenvalue weighted by Crippen LogP contribution is 2.18. The zero-order valence-electron chi connectivity index (χ0n) is 13.1. The molecule has 2 heterocycles. The minimum atomic E-state index is 0.438. The summed E-state index contributed by atoms with van der Waals surface area (Å²) in [7, 11) is 0. The fraction of sp³-hybridized carbons (Fsp3) is 0.353. The summed E-state index contributed by atoms with van der Waals surface area (Å²) < 4.78 is 4.00. The highest BCUT2D eigenvalue weighted by molar-refractivity contribution is 5.20. The standard InChI is InChI=1S/C17H21N5/c1-3-21-13-18-10-17(21)12-22-11-16(19-20-22)9-14(2)15-7-5-4-6-8-15/h4-8,10-11,13-14H,3,9,12H2,1-2H3/t14-/m1/s1. The summed E-state index contributed by atoms with van der Waals surface area (Å²) in [4.78, 5) is 4.19. The van der Waals surface area contributed by atoms with E-state index in [-0.39, 0.29) is 0 Å². The van der Waals surface area contributed by atoms with Crippen molar-refractivity contribution in [3.63, 3.8) is 0 Å². The Morgan fingerprint density at radius 2 is 2.00 bits per heavy atom. The van der Waals surface area contributed by atoms with Crippen LogP contribution in [0.3, 0.4) is 0 Å². The van der Waals surface area contributed by atoms with Gasteiger partial charge in [0.05, 0.1) is 30.5 Å². The van der Waals surface area contributed by atoms with Crippen molar-refractivity contribution in [2.24, 2.45) is 0 Å². The highest BCUT2D eigenvalue weighted by atomic mass is 15.4. The van der Waals surface area contributed by atoms with E-state index in [1.165, 1.54) is 5.56 Å². The van der Waals surface area contributed by atoms with E-state index in [1.54, 1.807) is 0 Å². The first-order chi connectivity index (χ1) is 10.8. The molecule has 0 unspecified atom stereocenters. The quantitative estimate of drug-likeness (QED) is 0.702. The van der Waals surface area contributed by atoms with Gasteiger partial charge in [0.15, 0.2) is 0 Å². The molecular formula is C17H21N5. The number of imidazole rings is 1. The molecular weight excluding hydrogens is 274 g/mol. The van der Waals surface area contributed by atoms with Crippen molar-refractivity contribution in [1.29, 1.82) is 0 Å². The summed E-state index contributed by atoms with van der Waals surface area (Å²) in [5.41, 5.74) is 3.51. The number of hydrogen-bond donors (Lipinski definition) is 0. The Hall–Kier alpha value is -2.43. The molecule has 114 valence electrons. The monoisotopic (exact) mass is 295 g/mol. The maximum atomic E-state index is 4.30. The van der Waals surface area contributed by atoms with Crippen LogP contribution in [0.1, 0.15) is 36.7 Å². The molecule has 2 aromatic heterocycles. The zero-order chi connectivity index (χ0) is 15.4. The molecule has 0 amide bonds. The topological polar surface area (TPSA) is 48.5 Å². The molecule has 0 aliphatic carbocycles. The molecule has 0 aliphatic heterocycles. The Bertz CT molecular complexity index is 713. The van der Waals surface area contributed by atoms with Crippen LogP contribution in [0.15, 0.2) is 49.1 Å². The van der Waals surface area contributed by atoms with Gasteiger partial charge in [0, 0.05) is 12.7 Å². The number of aryl methyl sites for hydroxylation is 1. The van der Waals surface area contributed by atoms with E-state index in [4.69, 9.17) is 0 Å². The Morgan fingerprint density at radius 1 is 1.18 bits per heavy atom. The molecule has 1 atom stereocenters. The van der Waals surface area contributed by atoms with Crippen LogP contribution < -0.4 is 0 Å². The number of rotatable bonds is 6. The third-order valence-corrected chi connectivity index (χ3v) is 3.93. The van der Waals surface area contributed by atoms with Gasteiger partial charge in [-0.05, 0) is 24.8 Å². The Morgan fingerprint density at radius 3 is 2.77 bits per heavy atom. The van der Waals surface area contributed by atoms with E-state index in [9.17, 15) is 0 Å². The molecule has 0 saturated carbocycles. The van der Waals surface area contributed by atoms with Crippen LogP contribution in [0, 0.1) is 0 Å². The molecule has 1 aromatic carbocycles. The van der Waals surface area contributed by atoms with Crippen molar-refractivity contribution >= 4 is 0 Å². The molecule has 0 aliphatic rings. The molecule has 5 heteroatoms. The summed E-state index contributed by atoms with van der Waals surface area (Å²) in [6.07, 6.45) is 6.67. The Kier molecular flexibility index (Phi) is 4.32. The van der Waals surface area contributed by atoms with E-state index >= 15 is 0 Å². The van der Waals surface area contributed by atoms with Gasteiger partial charge in [0.2, 0.25) is 0 Å². The van der Waals surface area contributed by atoms with Crippen molar-refractivity contribution in [2.75, 3.05) is 0 Å². The number of nitrogens with zero attached hydrogens (tertiary/aromatic N) is 5. The molecule has 0 saturated heterocycles. The van der Waals surface area contributed by atoms with Gasteiger partial charge in [-0.25, -0.2) is 9.67 Å². The minimum Gasteiger partial charge on any atom is -0.333 e. The van der Waals surface area contributed by atoms with E-state index in [1.807, 2.05) is 29.5 Å². The van der Waals surface area contributed by atoms with Crippen LogP contribution in [0.4, 0.5) is 0 Å². The van der Waals surface area contributed by atoms with E-state index in [0.29, 0.717) is 12.5 Å². The molecule has 0 radical (unpaired) electrons. The first-order valence-electron chi connectivity index (χ1n) is 7.69. The van der Waals surface area contributed by atoms with Gasteiger partial charge in [0.1, 0.15) is 0 Å². The molecule has 0 fully saturated rings. The Labute approximate surface area is 130 Å². The first kappa shape index (κ1) is 14.5. The smallest absolute Gasteiger partial charge is 0.0948 e. The summed E-state index contributed by atoms with van der Waals surface area (Å²) in [5, 5.41) is 8.54. The van der Waals surface area contributed by atoms with Crippen molar-refractivity contribution in [1.82, 2.24) is 24.5 Å². The largest absolute Gasteiger partial charge is 0.333 e. The van der Waals surface area contributed by atoms with Crippen LogP contribution in [0.5, 0.6) is 0 Å². The first-order valence-corrected chi connectivity index (χ1v) is 7.69. The number of benzene rings is 1. The van der Waals surface area contributed by atoms with Gasteiger partial charge in [-0.1, -0.05) is 42.5 Å². The molecule has 0 bridgehead atoms. The van der Waals surface area contributed by atoms with E-state index < -0.39 is 0 Å². The second-order valence-corrected chi connectivity index (χ2v) is 5.59. The Balaban J connectivity index is 1.66. The minimum absolute atomic E-state index is 0.438. The predicted octanol–water partition coefficient (Wildman–Crippen LogP) is 2.89. The van der Waals surface area contributed by atoms with Crippen LogP contribution in [0.2, 0.25) is 0 Å². The van der Waals surface area contributed by atoms with Crippen LogP contribution >= 0.6 is 0 Å². The third kappa shape index (κ3) is 3.24. The lowest BCUT2D eigenvalue weighted by atomic mass is 9.97. The molecule has 3 aromatic rings. The summed E-state index contributed by atoms with van der Waals surface area (Å²) >= 11 is 0. The number of hydrogen-bond acceptors (Lipinski definition) is 3. The van der Waals surface area contributed by atoms with Gasteiger partial charge >= 0.3 is 0 Å². The highest BCUT2D eigenvalue weighted by Gasteiger charge is 2.10. The summed E-state index contributed by atoms with van der Waals surface area (Å²) in [6.45, 7) is 5.96. The summed E-state index contributed by atoms with van der Waals surface area (Å²) in [5.74, 6) is 0.438. The normalized spacial score (nSPS) is 12.5. The molecule has 5 nitrogen and oxygen atoms in total. The van der Waals surface area contributed by atoms with Gasteiger partial charge in [-0.2, -0.15) is 0 Å². The average Bonchev–Trinajstić information content (AvgIpc) is 3.18. The second kappa shape index (κ2) is 6.56. The predicted molar refractivity (Wildman–Crippen MR) is 85.6 cm³/mol. The van der Waals surface area contributed by atoms with Crippen molar-refractivity contribution < 1.29 is 0 Å². The maximum absolute atomic E-state index is 4.30. The summed E-state index contributed by atoms with van der Waals surface area (Å²) in [6, 6.07) is 10.5. The average molecular weight is 295 g/mol. The second-order valence-electron chi connectivity index (χ2n) is 5.59. The van der Waals surface area contributed by atoms with Crippen molar-refractivity contribution in [3.05, 3.63) is 66.0 Å². The van der Waals surface area contributed by atoms with Gasteiger partial charge in [-0.15, -0.1) is 5.10 Å².